The van der Waals surface area contributed by atoms with E-state index in [0.29, 0.717) is 46.8 Å². The third-order valence-electron chi connectivity index (χ3n) is 7.53. The number of cyclic esters (lactones) is 1. The number of carbonyl (C=O) groups is 2. The van der Waals surface area contributed by atoms with Crippen LogP contribution in [0.2, 0.25) is 0 Å². The third kappa shape index (κ3) is 4.48. The first kappa shape index (κ1) is 27.6. The molecular formula is C31H34N2O7. The Kier molecular flexibility index (Phi) is 6.82. The number of allylic oxidation sites excluding steroid dienone is 1. The molecular weight excluding hydrogens is 512 g/mol. The number of aliphatic hydroxyl groups is 1. The summed E-state index contributed by atoms with van der Waals surface area (Å²) in [5.74, 6) is -0.581. The summed E-state index contributed by atoms with van der Waals surface area (Å²) in [6, 6.07) is 7.27. The number of benzene rings is 1. The lowest BCUT2D eigenvalue weighted by Gasteiger charge is -2.31. The summed E-state index contributed by atoms with van der Waals surface area (Å²) in [6.45, 7) is 11.2. The number of fused-ring (bicyclic) bond motifs is 5. The van der Waals surface area contributed by atoms with Gasteiger partial charge in [-0.15, -0.1) is 0 Å². The minimum absolute atomic E-state index is 0.0598. The molecule has 0 bridgehead atoms. The summed E-state index contributed by atoms with van der Waals surface area (Å²) in [6.07, 6.45) is 2.46. The Hall–Kier alpha value is -3.98. The SMILES string of the molecule is C/C=C(\COc1ccc2nc3c(c(CC)c2c1)Cn1c-3cc2c(c1=O)COC(=O)[C@]2(O)CC)C(=O)OC(C)(C)C. The number of ether oxygens (including phenoxy) is 3. The number of aryl methyl sites for hydroxylation is 1. The molecule has 40 heavy (non-hydrogen) atoms. The van der Waals surface area contributed by atoms with E-state index >= 15 is 0 Å². The van der Waals surface area contributed by atoms with E-state index in [2.05, 4.69) is 0 Å². The Balaban J connectivity index is 1.53. The van der Waals surface area contributed by atoms with Gasteiger partial charge in [0, 0.05) is 16.5 Å². The summed E-state index contributed by atoms with van der Waals surface area (Å²) < 4.78 is 18.3. The van der Waals surface area contributed by atoms with Crippen LogP contribution in [0.25, 0.3) is 22.3 Å². The first-order chi connectivity index (χ1) is 18.9. The molecule has 0 aliphatic carbocycles. The molecule has 0 unspecified atom stereocenters. The zero-order valence-electron chi connectivity index (χ0n) is 23.7. The lowest BCUT2D eigenvalue weighted by Crippen LogP contribution is -2.44. The molecule has 9 heteroatoms. The van der Waals surface area contributed by atoms with Gasteiger partial charge in [0.25, 0.3) is 5.56 Å². The molecule has 2 aliphatic heterocycles. The molecule has 0 amide bonds. The van der Waals surface area contributed by atoms with Gasteiger partial charge in [-0.1, -0.05) is 19.9 Å². The van der Waals surface area contributed by atoms with Crippen LogP contribution in [0.3, 0.4) is 0 Å². The average molecular weight is 547 g/mol. The van der Waals surface area contributed by atoms with Gasteiger partial charge in [0.2, 0.25) is 0 Å². The predicted molar refractivity (Wildman–Crippen MR) is 149 cm³/mol. The monoisotopic (exact) mass is 546 g/mol. The van der Waals surface area contributed by atoms with Crippen LogP contribution in [0, 0.1) is 0 Å². The van der Waals surface area contributed by atoms with E-state index in [1.165, 1.54) is 0 Å². The van der Waals surface area contributed by atoms with Crippen molar-refractivity contribution in [3.63, 3.8) is 0 Å². The van der Waals surface area contributed by atoms with Gasteiger partial charge in [0.05, 0.1) is 34.6 Å². The van der Waals surface area contributed by atoms with Crippen molar-refractivity contribution in [1.29, 1.82) is 0 Å². The highest BCUT2D eigenvalue weighted by atomic mass is 16.6. The molecule has 1 atom stereocenters. The zero-order chi connectivity index (χ0) is 29.0. The van der Waals surface area contributed by atoms with Crippen LogP contribution >= 0.6 is 0 Å². The number of hydrogen-bond acceptors (Lipinski definition) is 8. The lowest BCUT2D eigenvalue weighted by atomic mass is 9.86. The first-order valence-electron chi connectivity index (χ1n) is 13.6. The van der Waals surface area contributed by atoms with Gasteiger partial charge in [0.1, 0.15) is 24.6 Å². The largest absolute Gasteiger partial charge is 0.489 e. The maximum Gasteiger partial charge on any atom is 0.343 e. The number of esters is 2. The summed E-state index contributed by atoms with van der Waals surface area (Å²) >= 11 is 0. The van der Waals surface area contributed by atoms with Crippen molar-refractivity contribution in [2.24, 2.45) is 0 Å². The van der Waals surface area contributed by atoms with Gasteiger partial charge in [-0.25, -0.2) is 14.6 Å². The Bertz CT molecular complexity index is 1640. The third-order valence-corrected chi connectivity index (χ3v) is 7.53. The molecule has 4 heterocycles. The molecule has 0 radical (unpaired) electrons. The number of carbonyl (C=O) groups excluding carboxylic acids is 2. The maximum atomic E-state index is 13.5. The number of nitrogens with zero attached hydrogens (tertiary/aromatic N) is 2. The Morgan fingerprint density at radius 3 is 2.60 bits per heavy atom. The van der Waals surface area contributed by atoms with Crippen molar-refractivity contribution >= 4 is 22.8 Å². The Labute approximate surface area is 232 Å². The first-order valence-corrected chi connectivity index (χ1v) is 13.6. The van der Waals surface area contributed by atoms with E-state index in [9.17, 15) is 19.5 Å². The molecule has 3 aromatic rings. The average Bonchev–Trinajstić information content (AvgIpc) is 3.27. The maximum absolute atomic E-state index is 13.5. The second-order valence-corrected chi connectivity index (χ2v) is 11.2. The molecule has 0 fully saturated rings. The van der Waals surface area contributed by atoms with Crippen molar-refractivity contribution in [2.45, 2.75) is 78.7 Å². The van der Waals surface area contributed by atoms with Crippen LogP contribution < -0.4 is 10.3 Å². The highest BCUT2D eigenvalue weighted by Gasteiger charge is 2.45. The highest BCUT2D eigenvalue weighted by molar-refractivity contribution is 5.90. The second-order valence-electron chi connectivity index (χ2n) is 11.2. The van der Waals surface area contributed by atoms with Gasteiger partial charge in [-0.3, -0.25) is 4.79 Å². The summed E-state index contributed by atoms with van der Waals surface area (Å²) in [5, 5.41) is 12.0. The molecule has 1 N–H and O–H groups in total. The molecule has 1 aromatic carbocycles. The van der Waals surface area contributed by atoms with Crippen LogP contribution in [0.15, 0.2) is 40.7 Å². The van der Waals surface area contributed by atoms with Crippen LogP contribution in [-0.2, 0) is 44.2 Å². The molecule has 210 valence electrons. The van der Waals surface area contributed by atoms with E-state index in [-0.39, 0.29) is 25.2 Å². The summed E-state index contributed by atoms with van der Waals surface area (Å²) in [4.78, 5) is 43.4. The van der Waals surface area contributed by atoms with E-state index in [1.807, 2.05) is 39.8 Å². The molecule has 9 nitrogen and oxygen atoms in total. The number of hydrogen-bond donors (Lipinski definition) is 1. The summed E-state index contributed by atoms with van der Waals surface area (Å²) in [7, 11) is 0. The normalized spacial score (nSPS) is 18.2. The number of aromatic nitrogens is 2. The minimum Gasteiger partial charge on any atom is -0.489 e. The van der Waals surface area contributed by atoms with Crippen molar-refractivity contribution in [1.82, 2.24) is 9.55 Å². The fraction of sp³-hybridized carbons (Fsp3) is 0.419. The van der Waals surface area contributed by atoms with Crippen molar-refractivity contribution < 1.29 is 28.9 Å². The zero-order valence-corrected chi connectivity index (χ0v) is 23.7. The predicted octanol–water partition coefficient (Wildman–Crippen LogP) is 4.31. The van der Waals surface area contributed by atoms with Crippen LogP contribution in [0.4, 0.5) is 0 Å². The highest BCUT2D eigenvalue weighted by Crippen LogP contribution is 2.40. The Morgan fingerprint density at radius 2 is 1.95 bits per heavy atom. The van der Waals surface area contributed by atoms with Gasteiger partial charge in [0.15, 0.2) is 5.60 Å². The van der Waals surface area contributed by atoms with Gasteiger partial charge in [-0.05, 0) is 70.4 Å². The molecule has 0 spiro atoms. The quantitative estimate of drug-likeness (QED) is 0.281. The molecule has 0 saturated carbocycles. The van der Waals surface area contributed by atoms with Crippen molar-refractivity contribution in [3.8, 4) is 17.1 Å². The standard InChI is InChI=1S/C31H34N2O7/c1-7-17(28(35)40-30(4,5)6)15-38-18-10-11-24-20(12-18)19(8-2)21-14-33-25(26(21)32-24)13-23-22(27(33)34)16-39-29(36)31(23,37)9-3/h7,10-13,37H,8-9,14-16H2,1-6H3/b17-7+/t31-/m0/s1. The van der Waals surface area contributed by atoms with Gasteiger partial charge < -0.3 is 23.9 Å². The van der Waals surface area contributed by atoms with Gasteiger partial charge >= 0.3 is 11.9 Å². The molecule has 2 aliphatic rings. The fourth-order valence-corrected chi connectivity index (χ4v) is 5.40. The Morgan fingerprint density at radius 1 is 1.20 bits per heavy atom. The smallest absolute Gasteiger partial charge is 0.343 e. The number of pyridine rings is 2. The lowest BCUT2D eigenvalue weighted by molar-refractivity contribution is -0.172. The van der Waals surface area contributed by atoms with Crippen molar-refractivity contribution in [3.05, 3.63) is 68.5 Å². The second kappa shape index (κ2) is 9.89. The summed E-state index contributed by atoms with van der Waals surface area (Å²) in [5.41, 5.74) is 2.16. The number of rotatable bonds is 6. The molecule has 2 aromatic heterocycles. The topological polar surface area (TPSA) is 117 Å². The van der Waals surface area contributed by atoms with Crippen LogP contribution in [0.1, 0.15) is 70.2 Å². The van der Waals surface area contributed by atoms with Crippen LogP contribution in [0.5, 0.6) is 5.75 Å². The fourth-order valence-electron chi connectivity index (χ4n) is 5.40. The van der Waals surface area contributed by atoms with Crippen molar-refractivity contribution in [2.75, 3.05) is 6.61 Å². The minimum atomic E-state index is -1.87. The van der Waals surface area contributed by atoms with E-state index in [1.54, 1.807) is 36.6 Å². The van der Waals surface area contributed by atoms with E-state index < -0.39 is 23.1 Å². The van der Waals surface area contributed by atoms with Crippen LogP contribution in [-0.4, -0.2) is 38.8 Å². The van der Waals surface area contributed by atoms with Gasteiger partial charge in [-0.2, -0.15) is 0 Å². The molecule has 5 rings (SSSR count). The molecule has 0 saturated heterocycles. The van der Waals surface area contributed by atoms with E-state index in [4.69, 9.17) is 19.2 Å². The van der Waals surface area contributed by atoms with E-state index in [0.717, 1.165) is 22.0 Å².